The molecule has 0 radical (unpaired) electrons. The summed E-state index contributed by atoms with van der Waals surface area (Å²) >= 11 is 1.26. The molecule has 2 N–H and O–H groups in total. The van der Waals surface area contributed by atoms with E-state index in [1.807, 2.05) is 24.3 Å². The number of benzene rings is 1. The summed E-state index contributed by atoms with van der Waals surface area (Å²) in [6.07, 6.45) is 2.58. The lowest BCUT2D eigenvalue weighted by Crippen LogP contribution is -2.18. The molecular weight excluding hydrogens is 310 g/mol. The first-order chi connectivity index (χ1) is 11.2. The highest BCUT2D eigenvalue weighted by Gasteiger charge is 2.07. The van der Waals surface area contributed by atoms with Crippen molar-refractivity contribution in [2.75, 3.05) is 22.1 Å². The van der Waals surface area contributed by atoms with Crippen LogP contribution in [-0.2, 0) is 16.0 Å². The number of hydrogen-bond acceptors (Lipinski definition) is 4. The van der Waals surface area contributed by atoms with Crippen LogP contribution in [0.5, 0.6) is 0 Å². The van der Waals surface area contributed by atoms with Gasteiger partial charge >= 0.3 is 0 Å². The molecule has 0 saturated heterocycles. The average molecular weight is 329 g/mol. The fraction of sp³-hybridized carbons (Fsp3) is 0.235. The van der Waals surface area contributed by atoms with Crippen molar-refractivity contribution in [2.45, 2.75) is 13.3 Å². The van der Waals surface area contributed by atoms with E-state index < -0.39 is 0 Å². The van der Waals surface area contributed by atoms with E-state index in [0.29, 0.717) is 5.82 Å². The third kappa shape index (κ3) is 6.12. The molecule has 2 aromatic rings. The summed E-state index contributed by atoms with van der Waals surface area (Å²) in [5.41, 5.74) is 1.99. The number of anilines is 2. The maximum atomic E-state index is 11.8. The van der Waals surface area contributed by atoms with Crippen molar-refractivity contribution in [1.82, 2.24) is 4.98 Å². The molecule has 6 heteroatoms. The Morgan fingerprint density at radius 2 is 1.70 bits per heavy atom. The van der Waals surface area contributed by atoms with Crippen LogP contribution in [0, 0.1) is 0 Å². The van der Waals surface area contributed by atoms with Crippen LogP contribution in [0.3, 0.4) is 0 Å². The Balaban J connectivity index is 1.68. The van der Waals surface area contributed by atoms with Gasteiger partial charge in [-0.2, -0.15) is 0 Å². The predicted molar refractivity (Wildman–Crippen MR) is 94.6 cm³/mol. The number of aromatic nitrogens is 1. The number of amides is 2. The van der Waals surface area contributed by atoms with Gasteiger partial charge in [-0.15, -0.1) is 11.8 Å². The van der Waals surface area contributed by atoms with Crippen molar-refractivity contribution < 1.29 is 9.59 Å². The fourth-order valence-electron chi connectivity index (χ4n) is 1.87. The van der Waals surface area contributed by atoms with Crippen molar-refractivity contribution in [3.05, 3.63) is 54.2 Å². The summed E-state index contributed by atoms with van der Waals surface area (Å²) in [6.45, 7) is 2.08. The van der Waals surface area contributed by atoms with Crippen molar-refractivity contribution in [1.29, 1.82) is 0 Å². The Morgan fingerprint density at radius 1 is 1.00 bits per heavy atom. The number of pyridine rings is 1. The number of carbonyl (C=O) groups is 2. The molecule has 1 aromatic heterocycles. The molecule has 0 aliphatic heterocycles. The third-order valence-electron chi connectivity index (χ3n) is 3.04. The van der Waals surface area contributed by atoms with Gasteiger partial charge in [0.25, 0.3) is 0 Å². The fourth-order valence-corrected chi connectivity index (χ4v) is 2.49. The Labute approximate surface area is 139 Å². The molecule has 5 nitrogen and oxygen atoms in total. The SMILES string of the molecule is CCc1ccc(NC(=O)CSCC(=O)Nc2ccccn2)cc1. The quantitative estimate of drug-likeness (QED) is 0.819. The molecule has 2 rings (SSSR count). The number of thioether (sulfide) groups is 1. The minimum atomic E-state index is -0.172. The molecular formula is C17H19N3O2S. The number of carbonyl (C=O) groups excluding carboxylic acids is 2. The summed E-state index contributed by atoms with van der Waals surface area (Å²) < 4.78 is 0. The Kier molecular flexibility index (Phi) is 6.62. The molecule has 0 saturated carbocycles. The van der Waals surface area contributed by atoms with E-state index in [0.717, 1.165) is 12.1 Å². The molecule has 0 fully saturated rings. The van der Waals surface area contributed by atoms with Crippen LogP contribution in [0.2, 0.25) is 0 Å². The van der Waals surface area contributed by atoms with Gasteiger partial charge in [0.05, 0.1) is 11.5 Å². The van der Waals surface area contributed by atoms with Crippen molar-refractivity contribution >= 4 is 35.1 Å². The maximum absolute atomic E-state index is 11.8. The van der Waals surface area contributed by atoms with Gasteiger partial charge in [0.2, 0.25) is 11.8 Å². The maximum Gasteiger partial charge on any atom is 0.235 e. The topological polar surface area (TPSA) is 71.1 Å². The van der Waals surface area contributed by atoms with Gasteiger partial charge < -0.3 is 10.6 Å². The lowest BCUT2D eigenvalue weighted by Gasteiger charge is -2.06. The Bertz CT molecular complexity index is 645. The number of nitrogens with one attached hydrogen (secondary N) is 2. The highest BCUT2D eigenvalue weighted by Crippen LogP contribution is 2.11. The lowest BCUT2D eigenvalue weighted by atomic mass is 10.1. The summed E-state index contributed by atoms with van der Waals surface area (Å²) in [6, 6.07) is 13.0. The standard InChI is InChI=1S/C17H19N3O2S/c1-2-13-6-8-14(9-7-13)19-16(21)11-23-12-17(22)20-15-5-3-4-10-18-15/h3-10H,2,11-12H2,1H3,(H,19,21)(H,18,20,22). The largest absolute Gasteiger partial charge is 0.325 e. The zero-order valence-electron chi connectivity index (χ0n) is 12.9. The molecule has 23 heavy (non-hydrogen) atoms. The number of rotatable bonds is 7. The smallest absolute Gasteiger partial charge is 0.235 e. The first-order valence-corrected chi connectivity index (χ1v) is 8.50. The van der Waals surface area contributed by atoms with Crippen LogP contribution in [-0.4, -0.2) is 28.3 Å². The lowest BCUT2D eigenvalue weighted by molar-refractivity contribution is -0.114. The number of hydrogen-bond donors (Lipinski definition) is 2. The van der Waals surface area contributed by atoms with E-state index in [4.69, 9.17) is 0 Å². The zero-order chi connectivity index (χ0) is 16.5. The molecule has 0 aliphatic carbocycles. The molecule has 0 unspecified atom stereocenters. The Morgan fingerprint density at radius 3 is 2.30 bits per heavy atom. The van der Waals surface area contributed by atoms with E-state index >= 15 is 0 Å². The molecule has 120 valence electrons. The number of nitrogens with zero attached hydrogens (tertiary/aromatic N) is 1. The van der Waals surface area contributed by atoms with E-state index in [2.05, 4.69) is 22.5 Å². The second kappa shape index (κ2) is 8.95. The zero-order valence-corrected chi connectivity index (χ0v) is 13.7. The second-order valence-electron chi connectivity index (χ2n) is 4.85. The van der Waals surface area contributed by atoms with E-state index in [1.165, 1.54) is 17.3 Å². The molecule has 0 spiro atoms. The van der Waals surface area contributed by atoms with Crippen LogP contribution in [0.25, 0.3) is 0 Å². The van der Waals surface area contributed by atoms with Gasteiger partial charge in [0.1, 0.15) is 5.82 Å². The van der Waals surface area contributed by atoms with Crippen molar-refractivity contribution in [3.8, 4) is 0 Å². The van der Waals surface area contributed by atoms with E-state index in [-0.39, 0.29) is 23.3 Å². The first kappa shape index (κ1) is 17.0. The summed E-state index contributed by atoms with van der Waals surface area (Å²) in [7, 11) is 0. The third-order valence-corrected chi connectivity index (χ3v) is 3.98. The van der Waals surface area contributed by atoms with E-state index in [9.17, 15) is 9.59 Å². The van der Waals surface area contributed by atoms with Crippen LogP contribution in [0.15, 0.2) is 48.7 Å². The van der Waals surface area contributed by atoms with Crippen LogP contribution in [0.1, 0.15) is 12.5 Å². The highest BCUT2D eigenvalue weighted by atomic mass is 32.2. The monoisotopic (exact) mass is 329 g/mol. The molecule has 2 amide bonds. The Hall–Kier alpha value is -2.34. The van der Waals surface area contributed by atoms with Gasteiger partial charge in [0, 0.05) is 11.9 Å². The minimum Gasteiger partial charge on any atom is -0.325 e. The van der Waals surface area contributed by atoms with Crippen molar-refractivity contribution in [2.24, 2.45) is 0 Å². The molecule has 0 atom stereocenters. The van der Waals surface area contributed by atoms with Crippen LogP contribution < -0.4 is 10.6 Å². The molecule has 0 bridgehead atoms. The van der Waals surface area contributed by atoms with Crippen LogP contribution in [0.4, 0.5) is 11.5 Å². The first-order valence-electron chi connectivity index (χ1n) is 7.35. The average Bonchev–Trinajstić information content (AvgIpc) is 2.56. The number of aryl methyl sites for hydroxylation is 1. The predicted octanol–water partition coefficient (Wildman–Crippen LogP) is 2.95. The normalized spacial score (nSPS) is 10.1. The van der Waals surface area contributed by atoms with E-state index in [1.54, 1.807) is 24.4 Å². The van der Waals surface area contributed by atoms with Gasteiger partial charge in [-0.3, -0.25) is 9.59 Å². The molecule has 0 aliphatic rings. The summed E-state index contributed by atoms with van der Waals surface area (Å²) in [5, 5.41) is 5.49. The minimum absolute atomic E-state index is 0.120. The van der Waals surface area contributed by atoms with Gasteiger partial charge in [-0.05, 0) is 36.2 Å². The van der Waals surface area contributed by atoms with Crippen LogP contribution >= 0.6 is 11.8 Å². The second-order valence-corrected chi connectivity index (χ2v) is 5.84. The van der Waals surface area contributed by atoms with Gasteiger partial charge in [-0.1, -0.05) is 25.1 Å². The van der Waals surface area contributed by atoms with Crippen molar-refractivity contribution in [3.63, 3.8) is 0 Å². The molecule has 1 heterocycles. The molecule has 1 aromatic carbocycles. The van der Waals surface area contributed by atoms with Gasteiger partial charge in [-0.25, -0.2) is 4.98 Å². The highest BCUT2D eigenvalue weighted by molar-refractivity contribution is 8.00. The summed E-state index contributed by atoms with van der Waals surface area (Å²) in [5.74, 6) is 0.654. The summed E-state index contributed by atoms with van der Waals surface area (Å²) in [4.78, 5) is 27.6. The van der Waals surface area contributed by atoms with Gasteiger partial charge in [0.15, 0.2) is 0 Å².